The summed E-state index contributed by atoms with van der Waals surface area (Å²) in [4.78, 5) is 12.5. The van der Waals surface area contributed by atoms with Gasteiger partial charge in [-0.15, -0.1) is 0 Å². The number of rotatable bonds is 5. The van der Waals surface area contributed by atoms with Gasteiger partial charge in [-0.2, -0.15) is 0 Å². The maximum Gasteiger partial charge on any atom is 0.220 e. The van der Waals surface area contributed by atoms with E-state index in [0.717, 1.165) is 41.2 Å². The van der Waals surface area contributed by atoms with E-state index in [-0.39, 0.29) is 5.91 Å². The fourth-order valence-electron chi connectivity index (χ4n) is 6.27. The second-order valence-corrected chi connectivity index (χ2v) is 8.87. The van der Waals surface area contributed by atoms with Gasteiger partial charge in [-0.05, 0) is 88.9 Å². The molecule has 0 aliphatic heterocycles. The van der Waals surface area contributed by atoms with Gasteiger partial charge < -0.3 is 9.84 Å². The van der Waals surface area contributed by atoms with Gasteiger partial charge in [-0.25, -0.2) is 0 Å². The zero-order chi connectivity index (χ0) is 16.9. The summed E-state index contributed by atoms with van der Waals surface area (Å²) in [5.74, 6) is 3.81. The van der Waals surface area contributed by atoms with Gasteiger partial charge >= 0.3 is 0 Å². The van der Waals surface area contributed by atoms with E-state index in [0.29, 0.717) is 17.9 Å². The molecule has 1 atom stereocenters. The van der Waals surface area contributed by atoms with Crippen molar-refractivity contribution in [3.8, 4) is 0 Å². The van der Waals surface area contributed by atoms with E-state index >= 15 is 0 Å². The second-order valence-electron chi connectivity index (χ2n) is 8.87. The van der Waals surface area contributed by atoms with E-state index in [9.17, 15) is 4.79 Å². The van der Waals surface area contributed by atoms with Crippen LogP contribution in [0.1, 0.15) is 68.9 Å². The van der Waals surface area contributed by atoms with Gasteiger partial charge in [0.15, 0.2) is 0 Å². The molecule has 0 saturated heterocycles. The lowest BCUT2D eigenvalue weighted by Gasteiger charge is -2.59. The molecular weight excluding hydrogens is 300 g/mol. The highest BCUT2D eigenvalue weighted by Gasteiger charge is 2.53. The van der Waals surface area contributed by atoms with Crippen LogP contribution >= 0.6 is 0 Å². The molecule has 1 unspecified atom stereocenters. The van der Waals surface area contributed by atoms with Crippen LogP contribution in [-0.4, -0.2) is 17.1 Å². The highest BCUT2D eigenvalue weighted by molar-refractivity contribution is 5.76. The topological polar surface area (TPSA) is 55.1 Å². The lowest BCUT2D eigenvalue weighted by Crippen LogP contribution is -2.55. The first-order chi connectivity index (χ1) is 11.4. The monoisotopic (exact) mass is 330 g/mol. The van der Waals surface area contributed by atoms with Crippen LogP contribution in [0.3, 0.4) is 0 Å². The fourth-order valence-corrected chi connectivity index (χ4v) is 6.27. The molecular formula is C20H30N2O2. The smallest absolute Gasteiger partial charge is 0.220 e. The van der Waals surface area contributed by atoms with Gasteiger partial charge in [0.2, 0.25) is 5.91 Å². The summed E-state index contributed by atoms with van der Waals surface area (Å²) in [6.45, 7) is 6.12. The predicted octanol–water partition coefficient (Wildman–Crippen LogP) is 3.95. The summed E-state index contributed by atoms with van der Waals surface area (Å²) in [5, 5.41) is 7.32. The molecule has 4 heteroatoms. The third-order valence-electron chi connectivity index (χ3n) is 7.16. The van der Waals surface area contributed by atoms with Crippen LogP contribution in [0, 0.1) is 37.0 Å². The first-order valence-corrected chi connectivity index (χ1v) is 9.66. The van der Waals surface area contributed by atoms with Crippen molar-refractivity contribution in [2.24, 2.45) is 23.2 Å². The molecule has 24 heavy (non-hydrogen) atoms. The maximum atomic E-state index is 12.5. The molecule has 1 amide bonds. The van der Waals surface area contributed by atoms with Gasteiger partial charge in [0.25, 0.3) is 0 Å². The number of hydrogen-bond acceptors (Lipinski definition) is 3. The van der Waals surface area contributed by atoms with Crippen molar-refractivity contribution in [2.75, 3.05) is 0 Å². The number of amides is 1. The van der Waals surface area contributed by atoms with E-state index in [1.54, 1.807) is 0 Å². The lowest BCUT2D eigenvalue weighted by atomic mass is 9.48. The number of hydrogen-bond donors (Lipinski definition) is 1. The Bertz CT molecular complexity index is 579. The van der Waals surface area contributed by atoms with Crippen molar-refractivity contribution in [3.63, 3.8) is 0 Å². The average molecular weight is 330 g/mol. The second kappa shape index (κ2) is 5.89. The largest absolute Gasteiger partial charge is 0.361 e. The third-order valence-corrected chi connectivity index (χ3v) is 7.16. The number of nitrogens with one attached hydrogen (secondary N) is 1. The molecule has 0 spiro atoms. The van der Waals surface area contributed by atoms with Crippen LogP contribution in [0.2, 0.25) is 0 Å². The van der Waals surface area contributed by atoms with E-state index in [4.69, 9.17) is 4.52 Å². The van der Waals surface area contributed by atoms with Gasteiger partial charge in [0.05, 0.1) is 5.69 Å². The van der Waals surface area contributed by atoms with Crippen molar-refractivity contribution in [2.45, 2.75) is 78.2 Å². The van der Waals surface area contributed by atoms with Crippen molar-refractivity contribution >= 4 is 5.91 Å². The Morgan fingerprint density at radius 1 is 1.21 bits per heavy atom. The minimum absolute atomic E-state index is 0.179. The molecule has 4 bridgehead atoms. The Balaban J connectivity index is 1.36. The summed E-state index contributed by atoms with van der Waals surface area (Å²) in [7, 11) is 0. The average Bonchev–Trinajstić information content (AvgIpc) is 2.82. The third kappa shape index (κ3) is 2.78. The summed E-state index contributed by atoms with van der Waals surface area (Å²) >= 11 is 0. The number of carbonyl (C=O) groups is 1. The van der Waals surface area contributed by atoms with Gasteiger partial charge in [-0.1, -0.05) is 5.16 Å². The van der Waals surface area contributed by atoms with Gasteiger partial charge in [0, 0.05) is 18.0 Å². The molecule has 1 heterocycles. The standard InChI is InChI=1S/C20H30N2O2/c1-12-18(13(2)24-22-12)4-5-19(23)21-14(3)20-9-15-6-16(10-20)8-17(7-15)11-20/h14-17H,4-11H2,1-3H3,(H,21,23). The first-order valence-electron chi connectivity index (χ1n) is 9.66. The van der Waals surface area contributed by atoms with E-state index in [1.807, 2.05) is 13.8 Å². The summed E-state index contributed by atoms with van der Waals surface area (Å²) < 4.78 is 5.19. The number of carbonyl (C=O) groups excluding carboxylic acids is 1. The fraction of sp³-hybridized carbons (Fsp3) is 0.800. The number of aromatic nitrogens is 1. The van der Waals surface area contributed by atoms with E-state index in [2.05, 4.69) is 17.4 Å². The molecule has 1 aromatic rings. The number of aryl methyl sites for hydroxylation is 2. The summed E-state index contributed by atoms with van der Waals surface area (Å²) in [5.41, 5.74) is 2.38. The Morgan fingerprint density at radius 2 is 1.79 bits per heavy atom. The summed E-state index contributed by atoms with van der Waals surface area (Å²) in [6, 6.07) is 0.308. The van der Waals surface area contributed by atoms with Crippen molar-refractivity contribution in [1.29, 1.82) is 0 Å². The molecule has 5 rings (SSSR count). The van der Waals surface area contributed by atoms with Crippen LogP contribution in [-0.2, 0) is 11.2 Å². The minimum Gasteiger partial charge on any atom is -0.361 e. The first kappa shape index (κ1) is 16.2. The molecule has 4 aliphatic rings. The zero-order valence-corrected chi connectivity index (χ0v) is 15.2. The molecule has 4 nitrogen and oxygen atoms in total. The SMILES string of the molecule is Cc1noc(C)c1CCC(=O)NC(C)C12CC3CC(CC(C3)C1)C2. The zero-order valence-electron chi connectivity index (χ0n) is 15.2. The molecule has 1 N–H and O–H groups in total. The summed E-state index contributed by atoms with van der Waals surface area (Å²) in [6.07, 6.45) is 9.61. The number of nitrogens with zero attached hydrogens (tertiary/aromatic N) is 1. The maximum absolute atomic E-state index is 12.5. The molecule has 132 valence electrons. The molecule has 0 aromatic carbocycles. The van der Waals surface area contributed by atoms with Gasteiger partial charge in [0.1, 0.15) is 5.76 Å². The lowest BCUT2D eigenvalue weighted by molar-refractivity contribution is -0.125. The van der Waals surface area contributed by atoms with Gasteiger partial charge in [-0.3, -0.25) is 4.79 Å². The highest BCUT2D eigenvalue weighted by Crippen LogP contribution is 2.61. The van der Waals surface area contributed by atoms with E-state index < -0.39 is 0 Å². The van der Waals surface area contributed by atoms with Crippen molar-refractivity contribution in [3.05, 3.63) is 17.0 Å². The van der Waals surface area contributed by atoms with Crippen LogP contribution < -0.4 is 5.32 Å². The Hall–Kier alpha value is -1.32. The van der Waals surface area contributed by atoms with Crippen molar-refractivity contribution < 1.29 is 9.32 Å². The molecule has 0 radical (unpaired) electrons. The minimum atomic E-state index is 0.179. The normalized spacial score (nSPS) is 35.2. The molecule has 4 aliphatic carbocycles. The van der Waals surface area contributed by atoms with E-state index in [1.165, 1.54) is 38.5 Å². The van der Waals surface area contributed by atoms with Crippen molar-refractivity contribution in [1.82, 2.24) is 10.5 Å². The van der Waals surface area contributed by atoms with Crippen LogP contribution in [0.15, 0.2) is 4.52 Å². The van der Waals surface area contributed by atoms with Crippen LogP contribution in [0.5, 0.6) is 0 Å². The molecule has 4 fully saturated rings. The Morgan fingerprint density at radius 3 is 2.29 bits per heavy atom. The van der Waals surface area contributed by atoms with Crippen LogP contribution in [0.4, 0.5) is 0 Å². The molecule has 4 saturated carbocycles. The molecule has 1 aromatic heterocycles. The Labute approximate surface area is 144 Å². The predicted molar refractivity (Wildman–Crippen MR) is 92.5 cm³/mol. The van der Waals surface area contributed by atoms with Crippen LogP contribution in [0.25, 0.3) is 0 Å². The quantitative estimate of drug-likeness (QED) is 0.889. The highest BCUT2D eigenvalue weighted by atomic mass is 16.5. The Kier molecular flexibility index (Phi) is 3.97.